The molecule has 2 aliphatic rings. The number of fused-ring (bicyclic) bond motifs is 1. The lowest BCUT2D eigenvalue weighted by Crippen LogP contribution is -2.39. The Kier molecular flexibility index (Phi) is 5.58. The van der Waals surface area contributed by atoms with Crippen molar-refractivity contribution < 1.29 is 4.79 Å². The van der Waals surface area contributed by atoms with Gasteiger partial charge in [0.05, 0.1) is 10.9 Å². The molecule has 0 bridgehead atoms. The van der Waals surface area contributed by atoms with Gasteiger partial charge in [-0.3, -0.25) is 14.2 Å². The molecular weight excluding hydrogens is 386 g/mol. The molecule has 2 aromatic carbocycles. The first kappa shape index (κ1) is 20.0. The third-order valence-electron chi connectivity index (χ3n) is 6.69. The van der Waals surface area contributed by atoms with E-state index in [2.05, 4.69) is 30.3 Å². The SMILES string of the molecule is O=C(CCc1nc2ccccc2c(=O)n1C1CC1)N1CCC(Cc2ccccc2)CC1. The van der Waals surface area contributed by atoms with Crippen molar-refractivity contribution in [1.29, 1.82) is 0 Å². The lowest BCUT2D eigenvalue weighted by atomic mass is 9.90. The first-order valence-corrected chi connectivity index (χ1v) is 11.5. The molecule has 0 spiro atoms. The molecule has 160 valence electrons. The minimum atomic E-state index is 0.0391. The smallest absolute Gasteiger partial charge is 0.261 e. The van der Waals surface area contributed by atoms with E-state index >= 15 is 0 Å². The van der Waals surface area contributed by atoms with Crippen molar-refractivity contribution in [2.45, 2.75) is 51.0 Å². The van der Waals surface area contributed by atoms with E-state index in [1.54, 1.807) is 0 Å². The highest BCUT2D eigenvalue weighted by Crippen LogP contribution is 2.35. The number of aromatic nitrogens is 2. The number of carbonyl (C=O) groups is 1. The molecule has 1 saturated heterocycles. The van der Waals surface area contributed by atoms with Gasteiger partial charge in [0.2, 0.25) is 5.91 Å². The maximum atomic E-state index is 13.0. The Labute approximate surface area is 182 Å². The van der Waals surface area contributed by atoms with Crippen LogP contribution in [0.1, 0.15) is 49.5 Å². The van der Waals surface area contributed by atoms with E-state index in [1.807, 2.05) is 33.7 Å². The quantitative estimate of drug-likeness (QED) is 0.608. The number of likely N-dealkylation sites (tertiary alicyclic amines) is 1. The number of para-hydroxylation sites is 1. The van der Waals surface area contributed by atoms with Gasteiger partial charge in [0.25, 0.3) is 5.56 Å². The van der Waals surface area contributed by atoms with E-state index < -0.39 is 0 Å². The molecule has 5 heteroatoms. The summed E-state index contributed by atoms with van der Waals surface area (Å²) in [6.07, 6.45) is 6.20. The van der Waals surface area contributed by atoms with Crippen molar-refractivity contribution in [3.8, 4) is 0 Å². The van der Waals surface area contributed by atoms with Gasteiger partial charge in [0.15, 0.2) is 0 Å². The van der Waals surface area contributed by atoms with Crippen LogP contribution in [-0.2, 0) is 17.6 Å². The highest BCUT2D eigenvalue weighted by Gasteiger charge is 2.29. The first-order chi connectivity index (χ1) is 15.2. The molecule has 1 aliphatic carbocycles. The van der Waals surface area contributed by atoms with Gasteiger partial charge in [0, 0.05) is 32.0 Å². The maximum absolute atomic E-state index is 13.0. The van der Waals surface area contributed by atoms with E-state index in [1.165, 1.54) is 5.56 Å². The minimum absolute atomic E-state index is 0.0391. The number of rotatable bonds is 6. The second-order valence-corrected chi connectivity index (χ2v) is 8.97. The van der Waals surface area contributed by atoms with Crippen molar-refractivity contribution in [2.75, 3.05) is 13.1 Å². The van der Waals surface area contributed by atoms with E-state index in [4.69, 9.17) is 4.98 Å². The number of piperidine rings is 1. The first-order valence-electron chi connectivity index (χ1n) is 11.5. The van der Waals surface area contributed by atoms with E-state index in [-0.39, 0.29) is 17.5 Å². The fourth-order valence-corrected chi connectivity index (χ4v) is 4.79. The number of benzene rings is 2. The third-order valence-corrected chi connectivity index (χ3v) is 6.69. The van der Waals surface area contributed by atoms with Crippen LogP contribution in [0.2, 0.25) is 0 Å². The zero-order valence-corrected chi connectivity index (χ0v) is 17.9. The summed E-state index contributed by atoms with van der Waals surface area (Å²) in [4.78, 5) is 32.7. The Balaban J connectivity index is 1.22. The summed E-state index contributed by atoms with van der Waals surface area (Å²) in [5.74, 6) is 1.59. The van der Waals surface area contributed by atoms with Crippen LogP contribution in [0.4, 0.5) is 0 Å². The fraction of sp³-hybridized carbons (Fsp3) is 0.423. The number of hydrogen-bond donors (Lipinski definition) is 0. The van der Waals surface area contributed by atoms with Gasteiger partial charge in [-0.15, -0.1) is 0 Å². The molecule has 0 unspecified atom stereocenters. The minimum Gasteiger partial charge on any atom is -0.343 e. The van der Waals surface area contributed by atoms with Gasteiger partial charge in [-0.25, -0.2) is 4.98 Å². The normalized spacial score (nSPS) is 17.2. The van der Waals surface area contributed by atoms with Crippen molar-refractivity contribution in [3.63, 3.8) is 0 Å². The Morgan fingerprint density at radius 3 is 2.39 bits per heavy atom. The highest BCUT2D eigenvalue weighted by molar-refractivity contribution is 5.78. The average Bonchev–Trinajstić information content (AvgIpc) is 3.64. The van der Waals surface area contributed by atoms with Crippen LogP contribution >= 0.6 is 0 Å². The maximum Gasteiger partial charge on any atom is 0.261 e. The summed E-state index contributed by atoms with van der Waals surface area (Å²) in [5.41, 5.74) is 2.15. The molecule has 0 N–H and O–H groups in total. The molecule has 3 aromatic rings. The Bertz CT molecular complexity index is 1130. The Morgan fingerprint density at radius 1 is 0.935 bits per heavy atom. The molecule has 1 saturated carbocycles. The Morgan fingerprint density at radius 2 is 1.65 bits per heavy atom. The van der Waals surface area contributed by atoms with Gasteiger partial charge >= 0.3 is 0 Å². The summed E-state index contributed by atoms with van der Waals surface area (Å²) < 4.78 is 1.85. The summed E-state index contributed by atoms with van der Waals surface area (Å²) in [7, 11) is 0. The standard InChI is InChI=1S/C26H29N3O2/c30-25(28-16-14-20(15-17-28)18-19-6-2-1-3-7-19)13-12-24-27-23-9-5-4-8-22(23)26(31)29(24)21-10-11-21/h1-9,20-21H,10-18H2. The van der Waals surface area contributed by atoms with Gasteiger partial charge in [-0.2, -0.15) is 0 Å². The van der Waals surface area contributed by atoms with E-state index in [9.17, 15) is 9.59 Å². The fourth-order valence-electron chi connectivity index (χ4n) is 4.79. The Hall–Kier alpha value is -2.95. The summed E-state index contributed by atoms with van der Waals surface area (Å²) in [6.45, 7) is 1.66. The van der Waals surface area contributed by atoms with E-state index in [0.29, 0.717) is 24.1 Å². The second kappa shape index (κ2) is 8.66. The predicted octanol–water partition coefficient (Wildman–Crippen LogP) is 4.15. The van der Waals surface area contributed by atoms with Crippen LogP contribution in [0, 0.1) is 5.92 Å². The molecule has 5 nitrogen and oxygen atoms in total. The molecule has 1 aromatic heterocycles. The van der Waals surface area contributed by atoms with Gasteiger partial charge in [-0.05, 0) is 55.7 Å². The third kappa shape index (κ3) is 4.41. The monoisotopic (exact) mass is 415 g/mol. The van der Waals surface area contributed by atoms with Crippen LogP contribution in [0.15, 0.2) is 59.4 Å². The van der Waals surface area contributed by atoms with Crippen LogP contribution < -0.4 is 5.56 Å². The molecule has 0 atom stereocenters. The van der Waals surface area contributed by atoms with Crippen molar-refractivity contribution >= 4 is 16.8 Å². The van der Waals surface area contributed by atoms with Crippen LogP contribution in [0.25, 0.3) is 10.9 Å². The van der Waals surface area contributed by atoms with Crippen molar-refractivity contribution in [3.05, 3.63) is 76.3 Å². The van der Waals surface area contributed by atoms with Crippen molar-refractivity contribution in [2.24, 2.45) is 5.92 Å². The molecule has 2 heterocycles. The van der Waals surface area contributed by atoms with E-state index in [0.717, 1.165) is 56.5 Å². The molecule has 1 amide bonds. The van der Waals surface area contributed by atoms with Crippen molar-refractivity contribution in [1.82, 2.24) is 14.5 Å². The summed E-state index contributed by atoms with van der Waals surface area (Å²) in [5, 5.41) is 0.671. The predicted molar refractivity (Wildman–Crippen MR) is 122 cm³/mol. The van der Waals surface area contributed by atoms with Crippen LogP contribution in [0.5, 0.6) is 0 Å². The lowest BCUT2D eigenvalue weighted by Gasteiger charge is -2.32. The zero-order chi connectivity index (χ0) is 21.2. The molecule has 31 heavy (non-hydrogen) atoms. The number of hydrogen-bond acceptors (Lipinski definition) is 3. The van der Waals surface area contributed by atoms with Crippen LogP contribution in [0.3, 0.4) is 0 Å². The summed E-state index contributed by atoms with van der Waals surface area (Å²) in [6, 6.07) is 18.4. The lowest BCUT2D eigenvalue weighted by molar-refractivity contribution is -0.132. The van der Waals surface area contributed by atoms with Gasteiger partial charge in [-0.1, -0.05) is 42.5 Å². The number of carbonyl (C=O) groups excluding carboxylic acids is 1. The van der Waals surface area contributed by atoms with Gasteiger partial charge < -0.3 is 4.90 Å². The number of nitrogens with zero attached hydrogens (tertiary/aromatic N) is 3. The summed E-state index contributed by atoms with van der Waals surface area (Å²) >= 11 is 0. The van der Waals surface area contributed by atoms with Crippen LogP contribution in [-0.4, -0.2) is 33.4 Å². The number of amides is 1. The second-order valence-electron chi connectivity index (χ2n) is 8.97. The molecule has 5 rings (SSSR count). The topological polar surface area (TPSA) is 55.2 Å². The molecule has 0 radical (unpaired) electrons. The van der Waals surface area contributed by atoms with Gasteiger partial charge in [0.1, 0.15) is 5.82 Å². The molecular formula is C26H29N3O2. The average molecular weight is 416 g/mol. The number of aryl methyl sites for hydroxylation is 1. The molecule has 2 fully saturated rings. The largest absolute Gasteiger partial charge is 0.343 e. The highest BCUT2D eigenvalue weighted by atomic mass is 16.2. The molecule has 1 aliphatic heterocycles. The zero-order valence-electron chi connectivity index (χ0n) is 17.9.